The molecule has 0 amide bonds. The summed E-state index contributed by atoms with van der Waals surface area (Å²) in [6, 6.07) is 6.68. The standard InChI is InChI=1S/C10H14INO2/c1-7(12-6-11)10(14)8-3-2-4-9(13)5-8/h2-5,7,10,12-14H,6H2,1H3/t7-,10-/m0/s1. The number of phenolic OH excluding ortho intramolecular Hbond substituents is 1. The van der Waals surface area contributed by atoms with Crippen LogP contribution in [0, 0.1) is 0 Å². The molecule has 3 nitrogen and oxygen atoms in total. The average molecular weight is 307 g/mol. The molecule has 0 radical (unpaired) electrons. The van der Waals surface area contributed by atoms with Crippen molar-refractivity contribution in [3.8, 4) is 5.75 Å². The number of aliphatic hydroxyl groups is 1. The highest BCUT2D eigenvalue weighted by molar-refractivity contribution is 14.1. The van der Waals surface area contributed by atoms with E-state index >= 15 is 0 Å². The van der Waals surface area contributed by atoms with Crippen LogP contribution in [0.25, 0.3) is 0 Å². The van der Waals surface area contributed by atoms with Gasteiger partial charge in [0.1, 0.15) is 5.75 Å². The van der Waals surface area contributed by atoms with E-state index in [1.54, 1.807) is 24.3 Å². The molecule has 0 aliphatic rings. The normalized spacial score (nSPS) is 15.1. The Bertz CT molecular complexity index is 293. The highest BCUT2D eigenvalue weighted by Crippen LogP contribution is 2.20. The zero-order chi connectivity index (χ0) is 10.6. The first-order valence-electron chi connectivity index (χ1n) is 4.41. The van der Waals surface area contributed by atoms with Gasteiger partial charge in [0, 0.05) is 10.6 Å². The molecule has 1 aromatic rings. The van der Waals surface area contributed by atoms with Crippen LogP contribution in [0.1, 0.15) is 18.6 Å². The van der Waals surface area contributed by atoms with Crippen LogP contribution >= 0.6 is 22.6 Å². The SMILES string of the molecule is C[C@H](NCI)[C@H](O)c1cccc(O)c1. The summed E-state index contributed by atoms with van der Waals surface area (Å²) < 4.78 is 0.787. The van der Waals surface area contributed by atoms with E-state index in [0.29, 0.717) is 0 Å². The van der Waals surface area contributed by atoms with Crippen LogP contribution in [0.5, 0.6) is 5.75 Å². The Balaban J connectivity index is 2.73. The zero-order valence-electron chi connectivity index (χ0n) is 7.94. The van der Waals surface area contributed by atoms with E-state index in [1.807, 2.05) is 6.92 Å². The van der Waals surface area contributed by atoms with Crippen molar-refractivity contribution >= 4 is 22.6 Å². The highest BCUT2D eigenvalue weighted by atomic mass is 127. The number of hydrogen-bond donors (Lipinski definition) is 3. The molecule has 14 heavy (non-hydrogen) atoms. The van der Waals surface area contributed by atoms with Gasteiger partial charge >= 0.3 is 0 Å². The van der Waals surface area contributed by atoms with Crippen molar-refractivity contribution in [1.82, 2.24) is 5.32 Å². The molecule has 0 unspecified atom stereocenters. The molecular weight excluding hydrogens is 293 g/mol. The summed E-state index contributed by atoms with van der Waals surface area (Å²) in [5.74, 6) is 0.184. The van der Waals surface area contributed by atoms with E-state index in [4.69, 9.17) is 0 Å². The molecule has 0 aromatic heterocycles. The molecule has 1 aromatic carbocycles. The van der Waals surface area contributed by atoms with Gasteiger partial charge in [-0.1, -0.05) is 34.7 Å². The third kappa shape index (κ3) is 3.11. The van der Waals surface area contributed by atoms with Crippen molar-refractivity contribution < 1.29 is 10.2 Å². The van der Waals surface area contributed by atoms with Gasteiger partial charge in [0.05, 0.1) is 6.10 Å². The summed E-state index contributed by atoms with van der Waals surface area (Å²) in [6.07, 6.45) is -0.586. The summed E-state index contributed by atoms with van der Waals surface area (Å²) in [4.78, 5) is 0. The second-order valence-electron chi connectivity index (χ2n) is 3.17. The molecule has 4 heteroatoms. The number of alkyl halides is 1. The molecular formula is C10H14INO2. The number of hydrogen-bond acceptors (Lipinski definition) is 3. The van der Waals surface area contributed by atoms with Crippen molar-refractivity contribution in [3.05, 3.63) is 29.8 Å². The second kappa shape index (κ2) is 5.53. The Labute approximate surface area is 97.3 Å². The lowest BCUT2D eigenvalue weighted by atomic mass is 10.0. The smallest absolute Gasteiger partial charge is 0.115 e. The topological polar surface area (TPSA) is 52.5 Å². The maximum Gasteiger partial charge on any atom is 0.115 e. The van der Waals surface area contributed by atoms with Crippen LogP contribution in [0.4, 0.5) is 0 Å². The Morgan fingerprint density at radius 3 is 2.79 bits per heavy atom. The summed E-state index contributed by atoms with van der Waals surface area (Å²) in [7, 11) is 0. The van der Waals surface area contributed by atoms with Gasteiger partial charge in [-0.25, -0.2) is 0 Å². The molecule has 0 saturated carbocycles. The summed E-state index contributed by atoms with van der Waals surface area (Å²) in [5, 5.41) is 22.2. The molecule has 0 saturated heterocycles. The number of nitrogens with one attached hydrogen (secondary N) is 1. The molecule has 0 spiro atoms. The average Bonchev–Trinajstić information content (AvgIpc) is 2.17. The van der Waals surface area contributed by atoms with Gasteiger partial charge in [0.15, 0.2) is 0 Å². The maximum absolute atomic E-state index is 9.87. The summed E-state index contributed by atoms with van der Waals surface area (Å²) >= 11 is 2.19. The molecule has 0 bridgehead atoms. The Hall–Kier alpha value is -0.330. The molecule has 0 fully saturated rings. The minimum atomic E-state index is -0.586. The number of aliphatic hydroxyl groups excluding tert-OH is 1. The highest BCUT2D eigenvalue weighted by Gasteiger charge is 2.15. The maximum atomic E-state index is 9.87. The predicted octanol–water partition coefficient (Wildman–Crippen LogP) is 1.80. The van der Waals surface area contributed by atoms with Crippen LogP contribution in [0.2, 0.25) is 0 Å². The second-order valence-corrected chi connectivity index (χ2v) is 3.93. The quantitative estimate of drug-likeness (QED) is 0.452. The first-order valence-corrected chi connectivity index (χ1v) is 5.94. The molecule has 0 aliphatic carbocycles. The number of aromatic hydroxyl groups is 1. The molecule has 2 atom stereocenters. The van der Waals surface area contributed by atoms with Gasteiger partial charge in [-0.3, -0.25) is 0 Å². The van der Waals surface area contributed by atoms with Crippen LogP contribution in [-0.4, -0.2) is 20.8 Å². The van der Waals surface area contributed by atoms with Crippen LogP contribution < -0.4 is 5.32 Å². The molecule has 1 rings (SSSR count). The fourth-order valence-corrected chi connectivity index (χ4v) is 1.93. The van der Waals surface area contributed by atoms with E-state index in [2.05, 4.69) is 27.9 Å². The minimum absolute atomic E-state index is 0.0197. The Morgan fingerprint density at radius 1 is 1.50 bits per heavy atom. The van der Waals surface area contributed by atoms with Crippen molar-refractivity contribution in [1.29, 1.82) is 0 Å². The first kappa shape index (κ1) is 11.7. The first-order chi connectivity index (χ1) is 6.65. The van der Waals surface area contributed by atoms with Gasteiger partial charge in [0.2, 0.25) is 0 Å². The minimum Gasteiger partial charge on any atom is -0.508 e. The fourth-order valence-electron chi connectivity index (χ4n) is 1.23. The van der Waals surface area contributed by atoms with Crippen molar-refractivity contribution in [2.75, 3.05) is 4.55 Å². The van der Waals surface area contributed by atoms with Crippen molar-refractivity contribution in [2.24, 2.45) is 0 Å². The van der Waals surface area contributed by atoms with E-state index in [1.165, 1.54) is 0 Å². The van der Waals surface area contributed by atoms with Gasteiger partial charge in [-0.2, -0.15) is 0 Å². The molecule has 0 heterocycles. The van der Waals surface area contributed by atoms with Gasteiger partial charge in [-0.05, 0) is 24.6 Å². The monoisotopic (exact) mass is 307 g/mol. The van der Waals surface area contributed by atoms with Crippen LogP contribution in [0.3, 0.4) is 0 Å². The number of benzene rings is 1. The third-order valence-electron chi connectivity index (χ3n) is 2.08. The van der Waals surface area contributed by atoms with Gasteiger partial charge < -0.3 is 15.5 Å². The number of phenols is 1. The lowest BCUT2D eigenvalue weighted by Gasteiger charge is -2.19. The summed E-state index contributed by atoms with van der Waals surface area (Å²) in [6.45, 7) is 1.91. The lowest BCUT2D eigenvalue weighted by Crippen LogP contribution is -2.30. The number of halogens is 1. The fraction of sp³-hybridized carbons (Fsp3) is 0.400. The number of rotatable bonds is 4. The van der Waals surface area contributed by atoms with Crippen LogP contribution in [0.15, 0.2) is 24.3 Å². The van der Waals surface area contributed by atoms with Crippen molar-refractivity contribution in [3.63, 3.8) is 0 Å². The third-order valence-corrected chi connectivity index (χ3v) is 2.52. The van der Waals surface area contributed by atoms with E-state index < -0.39 is 6.10 Å². The molecule has 3 N–H and O–H groups in total. The van der Waals surface area contributed by atoms with E-state index in [-0.39, 0.29) is 11.8 Å². The van der Waals surface area contributed by atoms with E-state index in [9.17, 15) is 10.2 Å². The Morgan fingerprint density at radius 2 is 2.21 bits per heavy atom. The van der Waals surface area contributed by atoms with Gasteiger partial charge in [0.25, 0.3) is 0 Å². The van der Waals surface area contributed by atoms with Gasteiger partial charge in [-0.15, -0.1) is 0 Å². The Kier molecular flexibility index (Phi) is 4.64. The largest absolute Gasteiger partial charge is 0.508 e. The summed E-state index contributed by atoms with van der Waals surface area (Å²) in [5.41, 5.74) is 0.731. The predicted molar refractivity (Wildman–Crippen MR) is 64.6 cm³/mol. The lowest BCUT2D eigenvalue weighted by molar-refractivity contribution is 0.139. The van der Waals surface area contributed by atoms with Crippen molar-refractivity contribution in [2.45, 2.75) is 19.1 Å². The zero-order valence-corrected chi connectivity index (χ0v) is 10.1. The molecule has 78 valence electrons. The molecule has 0 aliphatic heterocycles. The van der Waals surface area contributed by atoms with Crippen LogP contribution in [-0.2, 0) is 0 Å². The van der Waals surface area contributed by atoms with E-state index in [0.717, 1.165) is 10.1 Å².